The van der Waals surface area contributed by atoms with Crippen molar-refractivity contribution >= 4 is 10.0 Å². The molecule has 19 heavy (non-hydrogen) atoms. The van der Waals surface area contributed by atoms with Crippen molar-refractivity contribution in [3.63, 3.8) is 0 Å². The third kappa shape index (κ3) is 9.34. The van der Waals surface area contributed by atoms with E-state index in [0.717, 1.165) is 6.42 Å². The molecule has 0 amide bonds. The first-order valence-corrected chi connectivity index (χ1v) is 8.52. The first-order chi connectivity index (χ1) is 9.08. The van der Waals surface area contributed by atoms with Gasteiger partial charge in [0.1, 0.15) is 0 Å². The van der Waals surface area contributed by atoms with E-state index in [1.54, 1.807) is 0 Å². The Labute approximate surface area is 117 Å². The van der Waals surface area contributed by atoms with E-state index in [0.29, 0.717) is 52.5 Å². The summed E-state index contributed by atoms with van der Waals surface area (Å²) >= 11 is 0. The minimum Gasteiger partial charge on any atom is -0.380 e. The van der Waals surface area contributed by atoms with Gasteiger partial charge in [-0.1, -0.05) is 0 Å². The van der Waals surface area contributed by atoms with Gasteiger partial charge in [0, 0.05) is 26.3 Å². The summed E-state index contributed by atoms with van der Waals surface area (Å²) in [5.41, 5.74) is 5.38. The summed E-state index contributed by atoms with van der Waals surface area (Å²) in [4.78, 5) is 0. The summed E-state index contributed by atoms with van der Waals surface area (Å²) in [6.07, 6.45) is 1.32. The van der Waals surface area contributed by atoms with E-state index in [2.05, 4.69) is 0 Å². The molecule has 7 heteroatoms. The zero-order valence-corrected chi connectivity index (χ0v) is 13.0. The van der Waals surface area contributed by atoms with Crippen molar-refractivity contribution in [2.24, 2.45) is 5.73 Å². The Morgan fingerprint density at radius 1 is 1.00 bits per heavy atom. The van der Waals surface area contributed by atoms with Gasteiger partial charge >= 0.3 is 0 Å². The fraction of sp³-hybridized carbons (Fsp3) is 1.00. The predicted octanol–water partition coefficient (Wildman–Crippen LogP) is 0.430. The Morgan fingerprint density at radius 3 is 1.95 bits per heavy atom. The van der Waals surface area contributed by atoms with Crippen LogP contribution >= 0.6 is 0 Å². The molecule has 0 aromatic rings. The molecule has 0 aromatic carbocycles. The molecule has 0 rings (SSSR count). The molecule has 0 fully saturated rings. The molecule has 0 atom stereocenters. The third-order valence-electron chi connectivity index (χ3n) is 2.63. The maximum absolute atomic E-state index is 12.2. The van der Waals surface area contributed by atoms with E-state index in [4.69, 9.17) is 15.2 Å². The van der Waals surface area contributed by atoms with Crippen LogP contribution in [0.5, 0.6) is 0 Å². The van der Waals surface area contributed by atoms with Crippen LogP contribution in [-0.4, -0.2) is 64.5 Å². The van der Waals surface area contributed by atoms with Crippen LogP contribution in [0.4, 0.5) is 0 Å². The molecule has 0 unspecified atom stereocenters. The molecule has 0 aromatic heterocycles. The molecular weight excluding hydrogens is 268 g/mol. The molecule has 2 N–H and O–H groups in total. The molecule has 0 spiro atoms. The van der Waals surface area contributed by atoms with Gasteiger partial charge in [-0.05, 0) is 33.2 Å². The minimum atomic E-state index is -3.24. The number of nitrogens with zero attached hydrogens (tertiary/aromatic N) is 1. The van der Waals surface area contributed by atoms with Gasteiger partial charge in [0.25, 0.3) is 0 Å². The summed E-state index contributed by atoms with van der Waals surface area (Å²) in [5, 5.41) is 0. The average molecular weight is 296 g/mol. The van der Waals surface area contributed by atoms with Crippen LogP contribution < -0.4 is 5.73 Å². The van der Waals surface area contributed by atoms with Crippen LogP contribution in [0.1, 0.15) is 26.7 Å². The maximum Gasteiger partial charge on any atom is 0.214 e. The lowest BCUT2D eigenvalue weighted by molar-refractivity contribution is 0.110. The number of nitrogens with two attached hydrogens (primary N) is 1. The molecule has 0 radical (unpaired) electrons. The Kier molecular flexibility index (Phi) is 11.5. The van der Waals surface area contributed by atoms with E-state index in [1.165, 1.54) is 4.31 Å². The zero-order valence-electron chi connectivity index (χ0n) is 12.1. The van der Waals surface area contributed by atoms with Gasteiger partial charge in [-0.25, -0.2) is 8.42 Å². The quantitative estimate of drug-likeness (QED) is 0.498. The van der Waals surface area contributed by atoms with Crippen LogP contribution in [0.15, 0.2) is 0 Å². The number of hydrogen-bond acceptors (Lipinski definition) is 5. The minimum absolute atomic E-state index is 0.141. The van der Waals surface area contributed by atoms with Gasteiger partial charge in [0.05, 0.1) is 19.0 Å². The summed E-state index contributed by atoms with van der Waals surface area (Å²) in [5.74, 6) is 0.141. The van der Waals surface area contributed by atoms with Crippen molar-refractivity contribution in [3.8, 4) is 0 Å². The lowest BCUT2D eigenvalue weighted by Crippen LogP contribution is -2.38. The molecule has 0 aliphatic carbocycles. The smallest absolute Gasteiger partial charge is 0.214 e. The summed E-state index contributed by atoms with van der Waals surface area (Å²) in [6.45, 7) is 7.07. The van der Waals surface area contributed by atoms with Gasteiger partial charge in [0.15, 0.2) is 0 Å². The standard InChI is InChI=1S/C12H28N2O4S/c1-3-17-10-8-14(9-11-18-4-2)19(15,16)12-6-5-7-13/h3-13H2,1-2H3. The SMILES string of the molecule is CCOCCN(CCOCC)S(=O)(=O)CCCCN. The predicted molar refractivity (Wildman–Crippen MR) is 76.6 cm³/mol. The second-order valence-electron chi connectivity index (χ2n) is 4.10. The highest BCUT2D eigenvalue weighted by molar-refractivity contribution is 7.89. The highest BCUT2D eigenvalue weighted by Gasteiger charge is 2.20. The monoisotopic (exact) mass is 296 g/mol. The van der Waals surface area contributed by atoms with Crippen LogP contribution in [0.3, 0.4) is 0 Å². The van der Waals surface area contributed by atoms with Gasteiger partial charge < -0.3 is 15.2 Å². The van der Waals surface area contributed by atoms with E-state index in [1.807, 2.05) is 13.8 Å². The average Bonchev–Trinajstić information content (AvgIpc) is 2.37. The normalized spacial score (nSPS) is 12.2. The first-order valence-electron chi connectivity index (χ1n) is 6.91. The fourth-order valence-electron chi connectivity index (χ4n) is 1.57. The Bertz CT molecular complexity index is 286. The molecule has 0 heterocycles. The second-order valence-corrected chi connectivity index (χ2v) is 6.19. The largest absolute Gasteiger partial charge is 0.380 e. The van der Waals surface area contributed by atoms with Crippen molar-refractivity contribution in [1.82, 2.24) is 4.31 Å². The van der Waals surface area contributed by atoms with Gasteiger partial charge in [-0.2, -0.15) is 4.31 Å². The number of ether oxygens (including phenoxy) is 2. The van der Waals surface area contributed by atoms with E-state index >= 15 is 0 Å². The van der Waals surface area contributed by atoms with Crippen molar-refractivity contribution < 1.29 is 17.9 Å². The molecule has 6 nitrogen and oxygen atoms in total. The van der Waals surface area contributed by atoms with Crippen molar-refractivity contribution in [2.45, 2.75) is 26.7 Å². The van der Waals surface area contributed by atoms with Crippen LogP contribution in [0, 0.1) is 0 Å². The fourth-order valence-corrected chi connectivity index (χ4v) is 3.10. The molecule has 0 saturated heterocycles. The van der Waals surface area contributed by atoms with Crippen molar-refractivity contribution in [1.29, 1.82) is 0 Å². The first kappa shape index (κ1) is 18.8. The lowest BCUT2D eigenvalue weighted by atomic mass is 10.3. The topological polar surface area (TPSA) is 81.9 Å². The van der Waals surface area contributed by atoms with Gasteiger partial charge in [-0.3, -0.25) is 0 Å². The van der Waals surface area contributed by atoms with E-state index in [9.17, 15) is 8.42 Å². The molecule has 0 bridgehead atoms. The molecule has 0 aliphatic heterocycles. The summed E-state index contributed by atoms with van der Waals surface area (Å²) in [6, 6.07) is 0. The van der Waals surface area contributed by atoms with Crippen LogP contribution in [0.2, 0.25) is 0 Å². The number of rotatable bonds is 13. The van der Waals surface area contributed by atoms with Crippen molar-refractivity contribution in [3.05, 3.63) is 0 Å². The van der Waals surface area contributed by atoms with Gasteiger partial charge in [0.2, 0.25) is 10.0 Å². The van der Waals surface area contributed by atoms with Crippen LogP contribution in [0.25, 0.3) is 0 Å². The molecule has 0 aliphatic rings. The number of sulfonamides is 1. The number of unbranched alkanes of at least 4 members (excludes halogenated alkanes) is 1. The van der Waals surface area contributed by atoms with Crippen molar-refractivity contribution in [2.75, 3.05) is 51.8 Å². The Morgan fingerprint density at radius 2 is 1.53 bits per heavy atom. The Balaban J connectivity index is 4.32. The summed E-state index contributed by atoms with van der Waals surface area (Å²) in [7, 11) is -3.24. The van der Waals surface area contributed by atoms with E-state index < -0.39 is 10.0 Å². The number of hydrogen-bond donors (Lipinski definition) is 1. The Hall–Kier alpha value is -0.210. The zero-order chi connectivity index (χ0) is 14.6. The second kappa shape index (κ2) is 11.6. The highest BCUT2D eigenvalue weighted by atomic mass is 32.2. The molecule has 116 valence electrons. The van der Waals surface area contributed by atoms with Crippen LogP contribution in [-0.2, 0) is 19.5 Å². The maximum atomic E-state index is 12.2. The molecule has 0 saturated carbocycles. The third-order valence-corrected chi connectivity index (χ3v) is 4.58. The van der Waals surface area contributed by atoms with Gasteiger partial charge in [-0.15, -0.1) is 0 Å². The van der Waals surface area contributed by atoms with E-state index in [-0.39, 0.29) is 5.75 Å². The molecular formula is C12H28N2O4S. The lowest BCUT2D eigenvalue weighted by Gasteiger charge is -2.22. The summed E-state index contributed by atoms with van der Waals surface area (Å²) < 4.78 is 36.2. The highest BCUT2D eigenvalue weighted by Crippen LogP contribution is 2.05.